The standard InChI is InChI=1S/C24H25N3O4/c1-16(28)27-14-20-23(21(29)15-27)19(12-17-6-4-3-5-7-17)24(26-20)18-8-9-25-13-22(18)31-11-10-30-2/h3-9,13,26H,10-12,14-15H2,1-2H3. The van der Waals surface area contributed by atoms with Crippen LogP contribution in [0.15, 0.2) is 48.8 Å². The summed E-state index contributed by atoms with van der Waals surface area (Å²) in [5.74, 6) is 0.441. The third kappa shape index (κ3) is 4.36. The SMILES string of the molecule is COCCOc1cnccc1-c1[nH]c2c(c1Cc1ccccc1)C(=O)CN(C(C)=O)C2. The van der Waals surface area contributed by atoms with Crippen LogP contribution in [-0.4, -0.2) is 53.4 Å². The van der Waals surface area contributed by atoms with Crippen LogP contribution in [0.1, 0.15) is 34.1 Å². The van der Waals surface area contributed by atoms with Crippen molar-refractivity contribution < 1.29 is 19.1 Å². The molecule has 1 aliphatic rings. The summed E-state index contributed by atoms with van der Waals surface area (Å²) in [6, 6.07) is 11.9. The molecule has 31 heavy (non-hydrogen) atoms. The number of ether oxygens (including phenoxy) is 2. The van der Waals surface area contributed by atoms with E-state index in [1.54, 1.807) is 24.4 Å². The third-order valence-electron chi connectivity index (χ3n) is 5.41. The molecular formula is C24H25N3O4. The second kappa shape index (κ2) is 9.14. The van der Waals surface area contributed by atoms with Crippen LogP contribution in [0.4, 0.5) is 0 Å². The van der Waals surface area contributed by atoms with Gasteiger partial charge in [0.15, 0.2) is 5.78 Å². The largest absolute Gasteiger partial charge is 0.489 e. The van der Waals surface area contributed by atoms with Crippen LogP contribution >= 0.6 is 0 Å². The summed E-state index contributed by atoms with van der Waals surface area (Å²) in [4.78, 5) is 34.2. The number of H-pyrrole nitrogens is 1. The summed E-state index contributed by atoms with van der Waals surface area (Å²) in [7, 11) is 1.62. The molecule has 0 radical (unpaired) electrons. The van der Waals surface area contributed by atoms with Crippen LogP contribution in [-0.2, 0) is 22.5 Å². The smallest absolute Gasteiger partial charge is 0.220 e. The molecule has 4 rings (SSSR count). The molecule has 3 heterocycles. The maximum Gasteiger partial charge on any atom is 0.220 e. The summed E-state index contributed by atoms with van der Waals surface area (Å²) in [5, 5.41) is 0. The Bertz CT molecular complexity index is 1090. The van der Waals surface area contributed by atoms with Gasteiger partial charge in [-0.25, -0.2) is 0 Å². The van der Waals surface area contributed by atoms with Crippen molar-refractivity contribution in [2.24, 2.45) is 0 Å². The molecule has 0 unspecified atom stereocenters. The molecule has 2 aromatic heterocycles. The van der Waals surface area contributed by atoms with Gasteiger partial charge in [-0.1, -0.05) is 30.3 Å². The fourth-order valence-corrected chi connectivity index (χ4v) is 3.92. The van der Waals surface area contributed by atoms with Crippen molar-refractivity contribution >= 4 is 11.7 Å². The topological polar surface area (TPSA) is 84.5 Å². The number of Topliss-reactive ketones (excluding diaryl/α,β-unsaturated/α-hetero) is 1. The van der Waals surface area contributed by atoms with Gasteiger partial charge in [0, 0.05) is 43.5 Å². The summed E-state index contributed by atoms with van der Waals surface area (Å²) < 4.78 is 11.0. The van der Waals surface area contributed by atoms with Crippen molar-refractivity contribution in [1.82, 2.24) is 14.9 Å². The summed E-state index contributed by atoms with van der Waals surface area (Å²) >= 11 is 0. The summed E-state index contributed by atoms with van der Waals surface area (Å²) in [6.07, 6.45) is 3.96. The van der Waals surface area contributed by atoms with E-state index in [2.05, 4.69) is 9.97 Å². The van der Waals surface area contributed by atoms with Crippen LogP contribution in [0, 0.1) is 0 Å². The number of carbonyl (C=O) groups is 2. The van der Waals surface area contributed by atoms with E-state index in [0.29, 0.717) is 37.5 Å². The first-order valence-electron chi connectivity index (χ1n) is 10.2. The molecule has 0 fully saturated rings. The molecule has 0 atom stereocenters. The van der Waals surface area contributed by atoms with Gasteiger partial charge < -0.3 is 19.4 Å². The van der Waals surface area contributed by atoms with Gasteiger partial charge in [0.2, 0.25) is 5.91 Å². The monoisotopic (exact) mass is 419 g/mol. The average Bonchev–Trinajstić information content (AvgIpc) is 3.13. The predicted molar refractivity (Wildman–Crippen MR) is 116 cm³/mol. The third-order valence-corrected chi connectivity index (χ3v) is 5.41. The van der Waals surface area contributed by atoms with Crippen molar-refractivity contribution in [3.8, 4) is 17.0 Å². The van der Waals surface area contributed by atoms with Gasteiger partial charge in [-0.15, -0.1) is 0 Å². The fourth-order valence-electron chi connectivity index (χ4n) is 3.92. The Morgan fingerprint density at radius 1 is 1.16 bits per heavy atom. The normalized spacial score (nSPS) is 13.2. The number of amides is 1. The number of nitrogens with zero attached hydrogens (tertiary/aromatic N) is 2. The van der Waals surface area contributed by atoms with E-state index < -0.39 is 0 Å². The van der Waals surface area contributed by atoms with E-state index in [4.69, 9.17) is 9.47 Å². The molecule has 1 N–H and O–H groups in total. The number of hydrogen-bond acceptors (Lipinski definition) is 5. The highest BCUT2D eigenvalue weighted by Gasteiger charge is 2.31. The van der Waals surface area contributed by atoms with Crippen LogP contribution in [0.2, 0.25) is 0 Å². The van der Waals surface area contributed by atoms with Crippen LogP contribution in [0.25, 0.3) is 11.3 Å². The maximum atomic E-state index is 13.1. The Balaban J connectivity index is 1.82. The zero-order valence-corrected chi connectivity index (χ0v) is 17.7. The Morgan fingerprint density at radius 3 is 2.71 bits per heavy atom. The lowest BCUT2D eigenvalue weighted by Gasteiger charge is -2.25. The number of aromatic amines is 1. The van der Waals surface area contributed by atoms with Gasteiger partial charge in [0.25, 0.3) is 0 Å². The van der Waals surface area contributed by atoms with Crippen molar-refractivity contribution in [2.45, 2.75) is 19.9 Å². The zero-order chi connectivity index (χ0) is 21.8. The first-order valence-corrected chi connectivity index (χ1v) is 10.2. The maximum absolute atomic E-state index is 13.1. The van der Waals surface area contributed by atoms with E-state index in [1.807, 2.05) is 36.4 Å². The highest BCUT2D eigenvalue weighted by molar-refractivity contribution is 6.04. The number of methoxy groups -OCH3 is 1. The molecule has 0 bridgehead atoms. The fraction of sp³-hybridized carbons (Fsp3) is 0.292. The Labute approximate surface area is 181 Å². The van der Waals surface area contributed by atoms with Gasteiger partial charge in [-0.05, 0) is 17.2 Å². The van der Waals surface area contributed by atoms with Crippen LogP contribution in [0.3, 0.4) is 0 Å². The van der Waals surface area contributed by atoms with E-state index in [0.717, 1.165) is 28.1 Å². The number of benzene rings is 1. The van der Waals surface area contributed by atoms with E-state index in [9.17, 15) is 9.59 Å². The van der Waals surface area contributed by atoms with E-state index >= 15 is 0 Å². The average molecular weight is 419 g/mol. The van der Waals surface area contributed by atoms with Crippen molar-refractivity contribution in [2.75, 3.05) is 26.9 Å². The second-order valence-corrected chi connectivity index (χ2v) is 7.51. The molecule has 3 aromatic rings. The minimum absolute atomic E-state index is 0.0548. The lowest BCUT2D eigenvalue weighted by Crippen LogP contribution is -2.38. The molecule has 0 saturated heterocycles. The molecule has 0 spiro atoms. The lowest BCUT2D eigenvalue weighted by atomic mass is 9.93. The van der Waals surface area contributed by atoms with Gasteiger partial charge in [0.05, 0.1) is 31.6 Å². The molecule has 1 aromatic carbocycles. The Morgan fingerprint density at radius 2 is 1.97 bits per heavy atom. The highest BCUT2D eigenvalue weighted by Crippen LogP contribution is 2.37. The van der Waals surface area contributed by atoms with Crippen LogP contribution in [0.5, 0.6) is 5.75 Å². The molecule has 1 amide bonds. The number of carbonyl (C=O) groups excluding carboxylic acids is 2. The molecule has 0 aliphatic carbocycles. The van der Waals surface area contributed by atoms with Crippen LogP contribution < -0.4 is 4.74 Å². The summed E-state index contributed by atoms with van der Waals surface area (Å²) in [5.41, 5.74) is 5.10. The minimum atomic E-state index is -0.118. The Kier molecular flexibility index (Phi) is 6.13. The first-order chi connectivity index (χ1) is 15.1. The number of nitrogens with one attached hydrogen (secondary N) is 1. The first kappa shape index (κ1) is 20.8. The number of pyridine rings is 1. The summed E-state index contributed by atoms with van der Waals surface area (Å²) in [6.45, 7) is 2.80. The second-order valence-electron chi connectivity index (χ2n) is 7.51. The van der Waals surface area contributed by atoms with E-state index in [1.165, 1.54) is 6.92 Å². The van der Waals surface area contributed by atoms with Gasteiger partial charge in [-0.2, -0.15) is 0 Å². The lowest BCUT2D eigenvalue weighted by molar-refractivity contribution is -0.129. The minimum Gasteiger partial charge on any atom is -0.489 e. The zero-order valence-electron chi connectivity index (χ0n) is 17.7. The molecule has 0 saturated carbocycles. The van der Waals surface area contributed by atoms with Crippen molar-refractivity contribution in [3.63, 3.8) is 0 Å². The van der Waals surface area contributed by atoms with Gasteiger partial charge in [-0.3, -0.25) is 14.6 Å². The van der Waals surface area contributed by atoms with Gasteiger partial charge in [0.1, 0.15) is 12.4 Å². The molecule has 7 heteroatoms. The van der Waals surface area contributed by atoms with Crippen molar-refractivity contribution in [3.05, 3.63) is 71.2 Å². The molecule has 1 aliphatic heterocycles. The van der Waals surface area contributed by atoms with E-state index in [-0.39, 0.29) is 18.2 Å². The number of rotatable bonds is 7. The van der Waals surface area contributed by atoms with Gasteiger partial charge >= 0.3 is 0 Å². The molecule has 160 valence electrons. The molecular weight excluding hydrogens is 394 g/mol. The highest BCUT2D eigenvalue weighted by atomic mass is 16.5. The number of aromatic nitrogens is 2. The quantitative estimate of drug-likeness (QED) is 0.595. The Hall–Kier alpha value is -3.45. The molecule has 7 nitrogen and oxygen atoms in total. The number of hydrogen-bond donors (Lipinski definition) is 1. The van der Waals surface area contributed by atoms with Crippen molar-refractivity contribution in [1.29, 1.82) is 0 Å². The predicted octanol–water partition coefficient (Wildman–Crippen LogP) is 3.24. The number of fused-ring (bicyclic) bond motifs is 1. The number of ketones is 1.